The highest BCUT2D eigenvalue weighted by Crippen LogP contribution is 2.35. The maximum Gasteiger partial charge on any atom is 0.320 e. The molecule has 0 atom stereocenters. The van der Waals surface area contributed by atoms with Gasteiger partial charge in [0.05, 0.1) is 34.2 Å². The van der Waals surface area contributed by atoms with E-state index in [1.807, 2.05) is 14.0 Å². The molecule has 43 heavy (non-hydrogen) atoms. The number of hydrogen-bond acceptors (Lipinski definition) is 7. The number of halogens is 1. The highest BCUT2D eigenvalue weighted by Gasteiger charge is 2.53. The second-order valence-electron chi connectivity index (χ2n) is 12.4. The Morgan fingerprint density at radius 2 is 0.884 bits per heavy atom. The lowest BCUT2D eigenvalue weighted by Gasteiger charge is -2.36. The zero-order valence-corrected chi connectivity index (χ0v) is 25.6. The van der Waals surface area contributed by atoms with Crippen molar-refractivity contribution in [2.45, 2.75) is 121 Å². The molecule has 3 heterocycles. The van der Waals surface area contributed by atoms with Crippen LogP contribution in [0.1, 0.15) is 122 Å². The number of aryl methyl sites for hydroxylation is 3. The Kier molecular flexibility index (Phi) is 8.12. The molecule has 3 aliphatic carbocycles. The van der Waals surface area contributed by atoms with E-state index < -0.39 is 5.79 Å². The lowest BCUT2D eigenvalue weighted by Crippen LogP contribution is -2.58. The molecule has 3 aromatic heterocycles. The fourth-order valence-corrected chi connectivity index (χ4v) is 7.38. The van der Waals surface area contributed by atoms with Gasteiger partial charge in [-0.2, -0.15) is 14.0 Å². The summed E-state index contributed by atoms with van der Waals surface area (Å²) in [5, 5.41) is 29.4. The number of rotatable bonds is 5. The van der Waals surface area contributed by atoms with Gasteiger partial charge in [0.2, 0.25) is 5.78 Å². The topological polar surface area (TPSA) is 109 Å². The van der Waals surface area contributed by atoms with Crippen LogP contribution in [0.25, 0.3) is 0 Å². The molecule has 0 N–H and O–H groups in total. The Morgan fingerprint density at radius 1 is 0.535 bits per heavy atom. The van der Waals surface area contributed by atoms with Crippen molar-refractivity contribution in [2.24, 2.45) is 0 Å². The summed E-state index contributed by atoms with van der Waals surface area (Å²) in [5.41, 5.74) is 6.31. The van der Waals surface area contributed by atoms with Gasteiger partial charge >= 0.3 is 5.79 Å². The first kappa shape index (κ1) is 28.4. The van der Waals surface area contributed by atoms with Gasteiger partial charge in [0, 0.05) is 10.6 Å². The Hall–Kier alpha value is -3.40. The Labute approximate surface area is 257 Å². The number of aromatic nitrogens is 9. The summed E-state index contributed by atoms with van der Waals surface area (Å²) in [6.07, 6.45) is 18.0. The van der Waals surface area contributed by atoms with Crippen molar-refractivity contribution in [2.75, 3.05) is 0 Å². The summed E-state index contributed by atoms with van der Waals surface area (Å²) in [5.74, 6) is -1.81. The first-order valence-electron chi connectivity index (χ1n) is 16.3. The number of nitrogens with zero attached hydrogens (tertiary/aromatic N) is 9. The molecule has 10 nitrogen and oxygen atoms in total. The molecule has 226 valence electrons. The van der Waals surface area contributed by atoms with Gasteiger partial charge < -0.3 is 0 Å². The molecule has 0 fully saturated rings. The van der Waals surface area contributed by atoms with Crippen molar-refractivity contribution in [3.8, 4) is 0 Å². The van der Waals surface area contributed by atoms with Crippen molar-refractivity contribution in [3.63, 3.8) is 0 Å². The van der Waals surface area contributed by atoms with E-state index >= 15 is 4.79 Å². The molecule has 0 radical (unpaired) electrons. The molecular weight excluding hydrogens is 562 g/mol. The average Bonchev–Trinajstić information content (AvgIpc) is 3.67. The van der Waals surface area contributed by atoms with Crippen LogP contribution in [-0.4, -0.2) is 50.8 Å². The van der Waals surface area contributed by atoms with E-state index in [-0.39, 0.29) is 5.78 Å². The van der Waals surface area contributed by atoms with Gasteiger partial charge in [-0.25, -0.2) is 0 Å². The number of ketones is 1. The van der Waals surface area contributed by atoms with Crippen LogP contribution >= 0.6 is 11.6 Å². The van der Waals surface area contributed by atoms with Crippen LogP contribution in [0.4, 0.5) is 0 Å². The van der Waals surface area contributed by atoms with Crippen LogP contribution in [0.5, 0.6) is 0 Å². The minimum Gasteiger partial charge on any atom is -0.287 e. The van der Waals surface area contributed by atoms with E-state index in [4.69, 9.17) is 42.5 Å². The van der Waals surface area contributed by atoms with Crippen LogP contribution in [-0.2, 0) is 44.3 Å². The maximum atomic E-state index is 15.5. The Bertz CT molecular complexity index is 1440. The predicted molar refractivity (Wildman–Crippen MR) is 162 cm³/mol. The molecule has 0 amide bonds. The maximum absolute atomic E-state index is 15.5. The van der Waals surface area contributed by atoms with Crippen LogP contribution in [0.3, 0.4) is 0 Å². The molecule has 0 saturated heterocycles. The quantitative estimate of drug-likeness (QED) is 0.271. The van der Waals surface area contributed by atoms with Crippen LogP contribution in [0.15, 0.2) is 24.3 Å². The largest absolute Gasteiger partial charge is 0.320 e. The number of carbonyl (C=O) groups excluding carboxylic acids is 1. The third-order valence-corrected chi connectivity index (χ3v) is 9.81. The van der Waals surface area contributed by atoms with Gasteiger partial charge in [0.15, 0.2) is 0 Å². The zero-order valence-electron chi connectivity index (χ0n) is 24.8. The molecule has 3 aliphatic rings. The molecule has 4 aromatic rings. The van der Waals surface area contributed by atoms with Crippen molar-refractivity contribution in [1.29, 1.82) is 0 Å². The molecule has 7 rings (SSSR count). The van der Waals surface area contributed by atoms with Gasteiger partial charge in [-0.3, -0.25) is 4.79 Å². The third kappa shape index (κ3) is 5.11. The third-order valence-electron chi connectivity index (χ3n) is 9.56. The van der Waals surface area contributed by atoms with Crippen molar-refractivity contribution in [3.05, 3.63) is 69.0 Å². The normalized spacial score (nSPS) is 18.2. The summed E-state index contributed by atoms with van der Waals surface area (Å²) < 4.78 is 5.56. The van der Waals surface area contributed by atoms with E-state index in [0.717, 1.165) is 130 Å². The average molecular weight is 602 g/mol. The smallest absolute Gasteiger partial charge is 0.287 e. The van der Waals surface area contributed by atoms with Gasteiger partial charge in [-0.05, 0) is 101 Å². The summed E-state index contributed by atoms with van der Waals surface area (Å²) in [6, 6.07) is 7.12. The highest BCUT2D eigenvalue weighted by atomic mass is 35.5. The fraction of sp³-hybridized carbons (Fsp3) is 0.594. The number of fused-ring (bicyclic) bond motifs is 3. The molecule has 0 saturated carbocycles. The monoisotopic (exact) mass is 601 g/mol. The van der Waals surface area contributed by atoms with Crippen LogP contribution < -0.4 is 0 Å². The standard InChI is InChI=1S/C32H40ClN9O/c33-24-21-19-23(20-22-24)31(43)32(40-28-16-10-4-1-7-13-25(28)34-37-40,41-29-17-11-5-2-8-14-26(29)35-38-41)42-30-18-12-6-3-9-15-27(30)36-39-42/h19-22H,1-18H2. The SMILES string of the molecule is O=C(c1ccc(Cl)cc1)C(n1nnc2c1CCCCCC2)(n1nnc2c1CCCCCC2)n1nnc2c1CCCCCC2. The van der Waals surface area contributed by atoms with Crippen molar-refractivity contribution >= 4 is 17.4 Å². The first-order chi connectivity index (χ1) is 21.2. The van der Waals surface area contributed by atoms with E-state index in [2.05, 4.69) is 0 Å². The lowest BCUT2D eigenvalue weighted by atomic mass is 9.97. The van der Waals surface area contributed by atoms with Crippen LogP contribution in [0.2, 0.25) is 5.02 Å². The summed E-state index contributed by atoms with van der Waals surface area (Å²) >= 11 is 6.32. The summed E-state index contributed by atoms with van der Waals surface area (Å²) in [4.78, 5) is 15.5. The molecule has 0 spiro atoms. The van der Waals surface area contributed by atoms with Crippen molar-refractivity contribution in [1.82, 2.24) is 45.0 Å². The fourth-order valence-electron chi connectivity index (χ4n) is 7.25. The second kappa shape index (κ2) is 12.3. The van der Waals surface area contributed by atoms with E-state index in [1.54, 1.807) is 24.3 Å². The van der Waals surface area contributed by atoms with Gasteiger partial charge in [0.25, 0.3) is 0 Å². The first-order valence-corrected chi connectivity index (χ1v) is 16.7. The molecule has 0 unspecified atom stereocenters. The Morgan fingerprint density at radius 3 is 1.26 bits per heavy atom. The van der Waals surface area contributed by atoms with E-state index in [1.165, 1.54) is 19.3 Å². The summed E-state index contributed by atoms with van der Waals surface area (Å²) in [6.45, 7) is 0. The molecule has 0 bridgehead atoms. The minimum atomic E-state index is -1.62. The summed E-state index contributed by atoms with van der Waals surface area (Å²) in [7, 11) is 0. The number of hydrogen-bond donors (Lipinski definition) is 0. The molecule has 0 aliphatic heterocycles. The highest BCUT2D eigenvalue weighted by molar-refractivity contribution is 6.30. The van der Waals surface area contributed by atoms with E-state index in [0.29, 0.717) is 10.6 Å². The second-order valence-corrected chi connectivity index (χ2v) is 12.8. The van der Waals surface area contributed by atoms with Gasteiger partial charge in [-0.15, -0.1) is 15.3 Å². The molecule has 11 heteroatoms. The Balaban J connectivity index is 1.56. The lowest BCUT2D eigenvalue weighted by molar-refractivity contribution is 0.0525. The van der Waals surface area contributed by atoms with Gasteiger partial charge in [-0.1, -0.05) is 65.8 Å². The number of benzene rings is 1. The van der Waals surface area contributed by atoms with E-state index in [9.17, 15) is 0 Å². The molecular formula is C32H40ClN9O. The van der Waals surface area contributed by atoms with Crippen molar-refractivity contribution < 1.29 is 4.79 Å². The minimum absolute atomic E-state index is 0.191. The number of carbonyl (C=O) groups is 1. The van der Waals surface area contributed by atoms with Crippen LogP contribution in [0, 0.1) is 0 Å². The molecule has 1 aromatic carbocycles. The number of Topliss-reactive ketones (excluding diaryl/α,β-unsaturated/α-hetero) is 1. The zero-order chi connectivity index (χ0) is 29.2. The predicted octanol–water partition coefficient (Wildman–Crippen LogP) is 5.68. The van der Waals surface area contributed by atoms with Gasteiger partial charge in [0.1, 0.15) is 0 Å².